The number of amides is 1. The third kappa shape index (κ3) is 4.17. The van der Waals surface area contributed by atoms with Crippen LogP contribution in [0.2, 0.25) is 0 Å². The van der Waals surface area contributed by atoms with Crippen molar-refractivity contribution in [3.63, 3.8) is 0 Å². The number of hydrogen-bond acceptors (Lipinski definition) is 3. The zero-order valence-electron chi connectivity index (χ0n) is 11.1. The third-order valence-electron chi connectivity index (χ3n) is 2.88. The van der Waals surface area contributed by atoms with E-state index in [2.05, 4.69) is 23.3 Å². The number of rotatable bonds is 6. The van der Waals surface area contributed by atoms with Crippen molar-refractivity contribution in [3.05, 3.63) is 52.0 Å². The van der Waals surface area contributed by atoms with Crippen LogP contribution in [0.25, 0.3) is 0 Å². The van der Waals surface area contributed by atoms with Crippen LogP contribution in [0.15, 0.2) is 36.7 Å². The van der Waals surface area contributed by atoms with Gasteiger partial charge in [-0.15, -0.1) is 11.3 Å². The molecule has 1 N–H and O–H groups in total. The molecule has 0 saturated heterocycles. The lowest BCUT2D eigenvalue weighted by atomic mass is 10.1. The van der Waals surface area contributed by atoms with Gasteiger partial charge < -0.3 is 5.32 Å². The van der Waals surface area contributed by atoms with Gasteiger partial charge >= 0.3 is 0 Å². The molecule has 0 aliphatic rings. The first kappa shape index (κ1) is 13.7. The summed E-state index contributed by atoms with van der Waals surface area (Å²) in [4.78, 5) is 18.0. The molecule has 2 aromatic heterocycles. The number of thiophene rings is 1. The summed E-state index contributed by atoms with van der Waals surface area (Å²) in [6.45, 7) is 2.80. The standard InChI is InChI=1S/C15H18N2OS/c1-2-13-7-8-14(19-13)15(18)17-10-4-6-12-5-3-9-16-11-12/h3,5,7-9,11H,2,4,6,10H2,1H3,(H,17,18). The predicted octanol–water partition coefficient (Wildman–Crippen LogP) is 3.07. The van der Waals surface area contributed by atoms with Crippen molar-refractivity contribution in [2.45, 2.75) is 26.2 Å². The van der Waals surface area contributed by atoms with Crippen LogP contribution >= 0.6 is 11.3 Å². The van der Waals surface area contributed by atoms with Gasteiger partial charge in [-0.2, -0.15) is 0 Å². The Hall–Kier alpha value is -1.68. The van der Waals surface area contributed by atoms with Crippen molar-refractivity contribution >= 4 is 17.2 Å². The Kier molecular flexibility index (Phi) is 5.10. The number of pyridine rings is 1. The smallest absolute Gasteiger partial charge is 0.261 e. The van der Waals surface area contributed by atoms with E-state index in [1.807, 2.05) is 24.4 Å². The minimum absolute atomic E-state index is 0.0379. The zero-order chi connectivity index (χ0) is 13.5. The van der Waals surface area contributed by atoms with Crippen LogP contribution in [-0.4, -0.2) is 17.4 Å². The second-order valence-electron chi connectivity index (χ2n) is 4.34. The Morgan fingerprint density at radius 1 is 1.37 bits per heavy atom. The summed E-state index contributed by atoms with van der Waals surface area (Å²) in [7, 11) is 0. The molecule has 3 nitrogen and oxygen atoms in total. The second kappa shape index (κ2) is 7.04. The lowest BCUT2D eigenvalue weighted by Crippen LogP contribution is -2.23. The van der Waals surface area contributed by atoms with E-state index >= 15 is 0 Å². The summed E-state index contributed by atoms with van der Waals surface area (Å²) in [5, 5.41) is 2.96. The van der Waals surface area contributed by atoms with E-state index < -0.39 is 0 Å². The van der Waals surface area contributed by atoms with Crippen LogP contribution in [0, 0.1) is 0 Å². The van der Waals surface area contributed by atoms with Gasteiger partial charge in [0.1, 0.15) is 0 Å². The first-order valence-corrected chi connectivity index (χ1v) is 7.37. The summed E-state index contributed by atoms with van der Waals surface area (Å²) in [5.41, 5.74) is 1.21. The van der Waals surface area contributed by atoms with Gasteiger partial charge in [-0.1, -0.05) is 13.0 Å². The van der Waals surface area contributed by atoms with Crippen LogP contribution in [0.5, 0.6) is 0 Å². The van der Waals surface area contributed by atoms with Gasteiger partial charge in [-0.25, -0.2) is 0 Å². The van der Waals surface area contributed by atoms with Crippen molar-refractivity contribution in [2.24, 2.45) is 0 Å². The van der Waals surface area contributed by atoms with E-state index in [1.165, 1.54) is 10.4 Å². The van der Waals surface area contributed by atoms with Crippen LogP contribution < -0.4 is 5.32 Å². The average molecular weight is 274 g/mol. The monoisotopic (exact) mass is 274 g/mol. The molecule has 0 bridgehead atoms. The Labute approximate surface area is 117 Å². The average Bonchev–Trinajstić information content (AvgIpc) is 2.93. The lowest BCUT2D eigenvalue weighted by Gasteiger charge is -2.03. The second-order valence-corrected chi connectivity index (χ2v) is 5.51. The molecule has 0 aliphatic heterocycles. The molecule has 0 aromatic carbocycles. The number of aromatic nitrogens is 1. The van der Waals surface area contributed by atoms with Gasteiger partial charge in [-0.3, -0.25) is 9.78 Å². The van der Waals surface area contributed by atoms with E-state index in [1.54, 1.807) is 17.5 Å². The maximum atomic E-state index is 11.9. The molecule has 1 amide bonds. The molecule has 100 valence electrons. The van der Waals surface area contributed by atoms with Gasteiger partial charge in [0.15, 0.2) is 0 Å². The minimum Gasteiger partial charge on any atom is -0.351 e. The van der Waals surface area contributed by atoms with Gasteiger partial charge in [0, 0.05) is 23.8 Å². The Morgan fingerprint density at radius 3 is 2.95 bits per heavy atom. The number of hydrogen-bond donors (Lipinski definition) is 1. The van der Waals surface area contributed by atoms with Crippen LogP contribution in [0.1, 0.15) is 33.5 Å². The van der Waals surface area contributed by atoms with E-state index in [4.69, 9.17) is 0 Å². The van der Waals surface area contributed by atoms with Crippen LogP contribution in [0.4, 0.5) is 0 Å². The third-order valence-corrected chi connectivity index (χ3v) is 4.11. The lowest BCUT2D eigenvalue weighted by molar-refractivity contribution is 0.0957. The molecule has 2 aromatic rings. The molecule has 0 aliphatic carbocycles. The van der Waals surface area contributed by atoms with E-state index in [0.717, 1.165) is 24.1 Å². The summed E-state index contributed by atoms with van der Waals surface area (Å²) in [5.74, 6) is 0.0379. The molecule has 0 unspecified atom stereocenters. The fraction of sp³-hybridized carbons (Fsp3) is 0.333. The zero-order valence-corrected chi connectivity index (χ0v) is 11.9. The maximum Gasteiger partial charge on any atom is 0.261 e. The van der Waals surface area contributed by atoms with Gasteiger partial charge in [0.25, 0.3) is 5.91 Å². The first-order valence-electron chi connectivity index (χ1n) is 6.55. The Balaban J connectivity index is 1.72. The highest BCUT2D eigenvalue weighted by Crippen LogP contribution is 2.16. The maximum absolute atomic E-state index is 11.9. The highest BCUT2D eigenvalue weighted by molar-refractivity contribution is 7.14. The normalized spacial score (nSPS) is 10.4. The quantitative estimate of drug-likeness (QED) is 0.823. The molecule has 0 fully saturated rings. The topological polar surface area (TPSA) is 42.0 Å². The van der Waals surface area contributed by atoms with Gasteiger partial charge in [-0.05, 0) is 43.0 Å². The summed E-state index contributed by atoms with van der Waals surface area (Å²) in [6, 6.07) is 7.92. The van der Waals surface area contributed by atoms with E-state index in [-0.39, 0.29) is 5.91 Å². The molecular formula is C15H18N2OS. The summed E-state index contributed by atoms with van der Waals surface area (Å²) in [6.07, 6.45) is 6.50. The number of carbonyl (C=O) groups is 1. The van der Waals surface area contributed by atoms with Crippen LogP contribution in [-0.2, 0) is 12.8 Å². The van der Waals surface area contributed by atoms with Gasteiger partial charge in [0.05, 0.1) is 4.88 Å². The highest BCUT2D eigenvalue weighted by atomic mass is 32.1. The largest absolute Gasteiger partial charge is 0.351 e. The van der Waals surface area contributed by atoms with Crippen molar-refractivity contribution < 1.29 is 4.79 Å². The number of aryl methyl sites for hydroxylation is 2. The van der Waals surface area contributed by atoms with Crippen molar-refractivity contribution in [1.29, 1.82) is 0 Å². The van der Waals surface area contributed by atoms with Crippen molar-refractivity contribution in [2.75, 3.05) is 6.54 Å². The highest BCUT2D eigenvalue weighted by Gasteiger charge is 2.07. The van der Waals surface area contributed by atoms with Crippen molar-refractivity contribution in [1.82, 2.24) is 10.3 Å². The number of carbonyl (C=O) groups excluding carboxylic acids is 1. The molecule has 0 saturated carbocycles. The van der Waals surface area contributed by atoms with Gasteiger partial charge in [0.2, 0.25) is 0 Å². The fourth-order valence-corrected chi connectivity index (χ4v) is 2.68. The molecular weight excluding hydrogens is 256 g/mol. The predicted molar refractivity (Wildman–Crippen MR) is 78.6 cm³/mol. The fourth-order valence-electron chi connectivity index (χ4n) is 1.82. The Morgan fingerprint density at radius 2 is 2.26 bits per heavy atom. The summed E-state index contributed by atoms with van der Waals surface area (Å²) < 4.78 is 0. The molecule has 2 heterocycles. The van der Waals surface area contributed by atoms with E-state index in [9.17, 15) is 4.79 Å². The molecule has 19 heavy (non-hydrogen) atoms. The number of nitrogens with one attached hydrogen (secondary N) is 1. The molecule has 0 spiro atoms. The van der Waals surface area contributed by atoms with Crippen molar-refractivity contribution in [3.8, 4) is 0 Å². The molecule has 4 heteroatoms. The number of nitrogens with zero attached hydrogens (tertiary/aromatic N) is 1. The molecule has 0 atom stereocenters. The van der Waals surface area contributed by atoms with E-state index in [0.29, 0.717) is 6.54 Å². The first-order chi connectivity index (χ1) is 9.29. The molecule has 2 rings (SSSR count). The SMILES string of the molecule is CCc1ccc(C(=O)NCCCc2cccnc2)s1. The van der Waals surface area contributed by atoms with Crippen LogP contribution in [0.3, 0.4) is 0 Å². The minimum atomic E-state index is 0.0379. The Bertz CT molecular complexity index is 522. The summed E-state index contributed by atoms with van der Waals surface area (Å²) >= 11 is 1.57. The molecule has 0 radical (unpaired) electrons.